The highest BCUT2D eigenvalue weighted by Gasteiger charge is 2.31. The molecule has 0 radical (unpaired) electrons. The van der Waals surface area contributed by atoms with Crippen LogP contribution in [0.3, 0.4) is 0 Å². The summed E-state index contributed by atoms with van der Waals surface area (Å²) in [6.45, 7) is 9.36. The Balaban J connectivity index is 1.80. The normalized spacial score (nSPS) is 23.0. The zero-order valence-corrected chi connectivity index (χ0v) is 13.8. The van der Waals surface area contributed by atoms with Crippen molar-refractivity contribution in [2.75, 3.05) is 13.2 Å². The molecule has 4 heteroatoms. The molecule has 0 aromatic carbocycles. The van der Waals surface area contributed by atoms with Gasteiger partial charge < -0.3 is 10.1 Å². The van der Waals surface area contributed by atoms with E-state index in [9.17, 15) is 0 Å². The first-order valence-corrected chi connectivity index (χ1v) is 8.61. The molecule has 1 aliphatic carbocycles. The zero-order valence-electron chi connectivity index (χ0n) is 13.8. The lowest BCUT2D eigenvalue weighted by Gasteiger charge is -2.37. The average Bonchev–Trinajstić information content (AvgIpc) is 2.90. The number of hydrogen-bond donors (Lipinski definition) is 1. The highest BCUT2D eigenvalue weighted by Crippen LogP contribution is 2.34. The molecular formula is C17H31N3O. The van der Waals surface area contributed by atoms with Crippen LogP contribution in [0.4, 0.5) is 0 Å². The zero-order chi connectivity index (χ0) is 15.1. The number of ether oxygens (including phenoxy) is 1. The first-order chi connectivity index (χ1) is 10.2. The molecule has 0 amide bonds. The van der Waals surface area contributed by atoms with E-state index >= 15 is 0 Å². The van der Waals surface area contributed by atoms with Crippen LogP contribution in [0.15, 0.2) is 12.4 Å². The van der Waals surface area contributed by atoms with Crippen LogP contribution in [-0.4, -0.2) is 35.1 Å². The summed E-state index contributed by atoms with van der Waals surface area (Å²) in [5.41, 5.74) is 1.35. The lowest BCUT2D eigenvalue weighted by molar-refractivity contribution is -0.0290. The molecule has 0 saturated heterocycles. The average molecular weight is 293 g/mol. The van der Waals surface area contributed by atoms with E-state index in [1.54, 1.807) is 0 Å². The molecule has 1 aliphatic rings. The fourth-order valence-corrected chi connectivity index (χ4v) is 3.20. The largest absolute Gasteiger partial charge is 0.378 e. The molecule has 1 unspecified atom stereocenters. The van der Waals surface area contributed by atoms with Crippen LogP contribution in [0, 0.1) is 5.92 Å². The molecule has 120 valence electrons. The Morgan fingerprint density at radius 2 is 2.19 bits per heavy atom. The maximum absolute atomic E-state index is 5.67. The molecule has 1 aromatic heterocycles. The molecule has 0 spiro atoms. The maximum atomic E-state index is 5.67. The van der Waals surface area contributed by atoms with Crippen molar-refractivity contribution < 1.29 is 4.74 Å². The number of nitrogens with one attached hydrogen (secondary N) is 1. The minimum atomic E-state index is 0.523. The van der Waals surface area contributed by atoms with Crippen molar-refractivity contribution in [3.05, 3.63) is 18.0 Å². The highest BCUT2D eigenvalue weighted by atomic mass is 16.5. The number of nitrogens with zero attached hydrogens (tertiary/aromatic N) is 2. The molecular weight excluding hydrogens is 262 g/mol. The molecule has 1 heterocycles. The van der Waals surface area contributed by atoms with Crippen LogP contribution in [0.2, 0.25) is 0 Å². The van der Waals surface area contributed by atoms with Gasteiger partial charge in [0.05, 0.1) is 12.3 Å². The van der Waals surface area contributed by atoms with Crippen LogP contribution >= 0.6 is 0 Å². The highest BCUT2D eigenvalue weighted by molar-refractivity contribution is 5.06. The van der Waals surface area contributed by atoms with Crippen molar-refractivity contribution in [1.29, 1.82) is 0 Å². The number of hydrogen-bond acceptors (Lipinski definition) is 3. The first kappa shape index (κ1) is 16.5. The Labute approximate surface area is 129 Å². The second-order valence-electron chi connectivity index (χ2n) is 6.21. The summed E-state index contributed by atoms with van der Waals surface area (Å²) in [7, 11) is 0. The smallest absolute Gasteiger partial charge is 0.0580 e. The van der Waals surface area contributed by atoms with Crippen LogP contribution < -0.4 is 5.32 Å². The van der Waals surface area contributed by atoms with Gasteiger partial charge in [0.2, 0.25) is 0 Å². The van der Waals surface area contributed by atoms with Gasteiger partial charge >= 0.3 is 0 Å². The fraction of sp³-hybridized carbons (Fsp3) is 0.824. The van der Waals surface area contributed by atoms with Gasteiger partial charge in [-0.05, 0) is 64.0 Å². The van der Waals surface area contributed by atoms with E-state index in [1.165, 1.54) is 31.2 Å². The predicted molar refractivity (Wildman–Crippen MR) is 86.4 cm³/mol. The van der Waals surface area contributed by atoms with Crippen LogP contribution in [0.5, 0.6) is 0 Å². The third kappa shape index (κ3) is 5.11. The van der Waals surface area contributed by atoms with E-state index in [4.69, 9.17) is 4.74 Å². The third-order valence-corrected chi connectivity index (χ3v) is 4.39. The quantitative estimate of drug-likeness (QED) is 0.721. The number of aromatic nitrogens is 2. The standard InChI is InChI=1S/C17H31N3O/c1-4-7-18-16(8-14-10-17(11-14)21-6-3)9-15-12-19-20(5-2)13-15/h12-14,16-18H,4-11H2,1-3H3. The molecule has 1 atom stereocenters. The summed E-state index contributed by atoms with van der Waals surface area (Å²) >= 11 is 0. The van der Waals surface area contributed by atoms with Crippen molar-refractivity contribution in [3.8, 4) is 0 Å². The predicted octanol–water partition coefficient (Wildman–Crippen LogP) is 3.02. The summed E-state index contributed by atoms with van der Waals surface area (Å²) in [5.74, 6) is 0.831. The summed E-state index contributed by atoms with van der Waals surface area (Å²) < 4.78 is 7.69. The topological polar surface area (TPSA) is 39.1 Å². The minimum Gasteiger partial charge on any atom is -0.378 e. The van der Waals surface area contributed by atoms with E-state index in [-0.39, 0.29) is 0 Å². The summed E-state index contributed by atoms with van der Waals surface area (Å²) in [5, 5.41) is 8.10. The molecule has 1 saturated carbocycles. The Morgan fingerprint density at radius 1 is 1.38 bits per heavy atom. The van der Waals surface area contributed by atoms with E-state index in [0.717, 1.165) is 32.0 Å². The van der Waals surface area contributed by atoms with Crippen molar-refractivity contribution in [1.82, 2.24) is 15.1 Å². The Kier molecular flexibility index (Phi) is 6.71. The van der Waals surface area contributed by atoms with Gasteiger partial charge in [0, 0.05) is 25.4 Å². The Hall–Kier alpha value is -0.870. The van der Waals surface area contributed by atoms with Crippen LogP contribution in [-0.2, 0) is 17.7 Å². The van der Waals surface area contributed by atoms with Crippen molar-refractivity contribution in [2.24, 2.45) is 5.92 Å². The lowest BCUT2D eigenvalue weighted by atomic mass is 9.77. The maximum Gasteiger partial charge on any atom is 0.0580 e. The summed E-state index contributed by atoms with van der Waals surface area (Å²) in [6, 6.07) is 0.576. The number of rotatable bonds is 10. The first-order valence-electron chi connectivity index (χ1n) is 8.61. The van der Waals surface area contributed by atoms with E-state index in [1.807, 2.05) is 10.9 Å². The lowest BCUT2D eigenvalue weighted by Crippen LogP contribution is -2.39. The van der Waals surface area contributed by atoms with Crippen molar-refractivity contribution >= 4 is 0 Å². The fourth-order valence-electron chi connectivity index (χ4n) is 3.20. The second kappa shape index (κ2) is 8.54. The summed E-state index contributed by atoms with van der Waals surface area (Å²) in [4.78, 5) is 0. The second-order valence-corrected chi connectivity index (χ2v) is 6.21. The van der Waals surface area contributed by atoms with Gasteiger partial charge in [0.15, 0.2) is 0 Å². The Bertz CT molecular complexity index is 398. The van der Waals surface area contributed by atoms with Gasteiger partial charge in [-0.25, -0.2) is 0 Å². The monoisotopic (exact) mass is 293 g/mol. The van der Waals surface area contributed by atoms with Gasteiger partial charge in [-0.2, -0.15) is 5.10 Å². The molecule has 4 nitrogen and oxygen atoms in total. The van der Waals surface area contributed by atoms with Crippen LogP contribution in [0.25, 0.3) is 0 Å². The Morgan fingerprint density at radius 3 is 2.81 bits per heavy atom. The van der Waals surface area contributed by atoms with Crippen LogP contribution in [0.1, 0.15) is 52.0 Å². The molecule has 0 bridgehead atoms. The molecule has 0 aliphatic heterocycles. The van der Waals surface area contributed by atoms with Crippen molar-refractivity contribution in [3.63, 3.8) is 0 Å². The molecule has 1 fully saturated rings. The SMILES string of the molecule is CCCNC(Cc1cnn(CC)c1)CC1CC(OCC)C1. The van der Waals surface area contributed by atoms with Gasteiger partial charge in [-0.3, -0.25) is 4.68 Å². The minimum absolute atomic E-state index is 0.523. The molecule has 21 heavy (non-hydrogen) atoms. The van der Waals surface area contributed by atoms with Gasteiger partial charge in [0.25, 0.3) is 0 Å². The summed E-state index contributed by atoms with van der Waals surface area (Å²) in [6.07, 6.45) is 10.8. The molecule has 1 aromatic rings. The number of aryl methyl sites for hydroxylation is 1. The van der Waals surface area contributed by atoms with E-state index < -0.39 is 0 Å². The van der Waals surface area contributed by atoms with Gasteiger partial charge in [0.1, 0.15) is 0 Å². The van der Waals surface area contributed by atoms with E-state index in [2.05, 4.69) is 37.4 Å². The van der Waals surface area contributed by atoms with E-state index in [0.29, 0.717) is 12.1 Å². The molecule has 2 rings (SSSR count). The molecule has 1 N–H and O–H groups in total. The third-order valence-electron chi connectivity index (χ3n) is 4.39. The van der Waals surface area contributed by atoms with Gasteiger partial charge in [-0.1, -0.05) is 6.92 Å². The van der Waals surface area contributed by atoms with Crippen molar-refractivity contribution in [2.45, 2.75) is 71.6 Å². The van der Waals surface area contributed by atoms with Gasteiger partial charge in [-0.15, -0.1) is 0 Å².